The molecule has 0 saturated heterocycles. The number of benzene rings is 1. The monoisotopic (exact) mass is 322 g/mol. The molecule has 0 aliphatic rings. The number of hydrogen-bond donors (Lipinski definition) is 1. The largest absolute Gasteiger partial charge is 0.323 e. The second-order valence-electron chi connectivity index (χ2n) is 6.70. The van der Waals surface area contributed by atoms with Crippen molar-refractivity contribution in [2.45, 2.75) is 0 Å². The van der Waals surface area contributed by atoms with Crippen molar-refractivity contribution in [2.75, 3.05) is 27.7 Å². The van der Waals surface area contributed by atoms with Crippen molar-refractivity contribution in [2.24, 2.45) is 5.10 Å². The number of aromatic nitrogens is 2. The van der Waals surface area contributed by atoms with Crippen molar-refractivity contribution >= 4 is 34.1 Å². The number of likely N-dealkylation sites (N-methyl/N-ethyl adjacent to an activating group) is 1. The molecule has 0 radical (unpaired) electrons. The second kappa shape index (κ2) is 6.33. The lowest BCUT2D eigenvalue weighted by molar-refractivity contribution is -0.862. The molecule has 2 heterocycles. The predicted molar refractivity (Wildman–Crippen MR) is 95.7 cm³/mol. The van der Waals surface area contributed by atoms with E-state index in [1.165, 1.54) is 0 Å². The van der Waals surface area contributed by atoms with Gasteiger partial charge in [0.05, 0.1) is 32.9 Å². The van der Waals surface area contributed by atoms with Crippen molar-refractivity contribution < 1.29 is 9.28 Å². The normalized spacial score (nSPS) is 12.1. The lowest BCUT2D eigenvalue weighted by Gasteiger charge is -2.21. The Morgan fingerprint density at radius 1 is 1.21 bits per heavy atom. The fraction of sp³-hybridized carbons (Fsp3) is 0.222. The van der Waals surface area contributed by atoms with E-state index >= 15 is 0 Å². The molecular weight excluding hydrogens is 302 g/mol. The van der Waals surface area contributed by atoms with Crippen LogP contribution in [0.1, 0.15) is 5.56 Å². The maximum atomic E-state index is 11.8. The summed E-state index contributed by atoms with van der Waals surface area (Å²) in [5.41, 5.74) is 4.91. The highest BCUT2D eigenvalue weighted by molar-refractivity contribution is 6.01. The van der Waals surface area contributed by atoms with Gasteiger partial charge in [0.25, 0.3) is 5.91 Å². The van der Waals surface area contributed by atoms with E-state index in [1.807, 2.05) is 51.5 Å². The van der Waals surface area contributed by atoms with Crippen molar-refractivity contribution in [3.8, 4) is 0 Å². The molecule has 0 fully saturated rings. The summed E-state index contributed by atoms with van der Waals surface area (Å²) < 4.78 is 0.550. The molecule has 3 rings (SSSR count). The third-order valence-electron chi connectivity index (χ3n) is 3.45. The Morgan fingerprint density at radius 3 is 2.79 bits per heavy atom. The number of nitrogens with one attached hydrogen (secondary N) is 1. The molecule has 0 bridgehead atoms. The Morgan fingerprint density at radius 2 is 2.00 bits per heavy atom. The number of carbonyl (C=O) groups is 1. The first-order chi connectivity index (χ1) is 11.4. The molecule has 6 heteroatoms. The maximum absolute atomic E-state index is 11.8. The Balaban J connectivity index is 1.88. The van der Waals surface area contributed by atoms with Gasteiger partial charge in [-0.2, -0.15) is 5.10 Å². The van der Waals surface area contributed by atoms with Crippen LogP contribution in [0.3, 0.4) is 0 Å². The number of nitrogens with zero attached hydrogens (tertiary/aromatic N) is 4. The van der Waals surface area contributed by atoms with Crippen molar-refractivity contribution in [1.82, 2.24) is 15.4 Å². The quantitative estimate of drug-likeness (QED) is 0.345. The summed E-state index contributed by atoms with van der Waals surface area (Å²) >= 11 is 0. The zero-order valence-corrected chi connectivity index (χ0v) is 14.0. The number of hydrogen-bond acceptors (Lipinski definition) is 4. The Labute approximate surface area is 140 Å². The summed E-state index contributed by atoms with van der Waals surface area (Å²) in [5.74, 6) is -0.126. The number of quaternary nitrogens is 1. The van der Waals surface area contributed by atoms with Crippen LogP contribution in [0.5, 0.6) is 0 Å². The molecule has 122 valence electrons. The summed E-state index contributed by atoms with van der Waals surface area (Å²) in [7, 11) is 5.86. The smallest absolute Gasteiger partial charge is 0.295 e. The van der Waals surface area contributed by atoms with E-state index in [9.17, 15) is 4.79 Å². The summed E-state index contributed by atoms with van der Waals surface area (Å²) in [6.45, 7) is 0.361. The number of fused-ring (bicyclic) bond motifs is 2. The Kier molecular flexibility index (Phi) is 4.22. The van der Waals surface area contributed by atoms with Crippen LogP contribution in [-0.4, -0.2) is 54.3 Å². The third-order valence-corrected chi connectivity index (χ3v) is 3.45. The minimum absolute atomic E-state index is 0.126. The third kappa shape index (κ3) is 3.72. The van der Waals surface area contributed by atoms with Gasteiger partial charge in [0, 0.05) is 22.5 Å². The SMILES string of the molecule is C[N+](C)(C)CC(=O)N/N=C/c1cccc2cc3cccnc3nc12. The minimum Gasteiger partial charge on any atom is -0.323 e. The lowest BCUT2D eigenvalue weighted by atomic mass is 10.1. The van der Waals surface area contributed by atoms with Crippen LogP contribution in [0.2, 0.25) is 0 Å². The molecule has 0 aliphatic heterocycles. The lowest BCUT2D eigenvalue weighted by Crippen LogP contribution is -2.43. The standard InChI is InChI=1S/C18H19N5O/c1-23(2,3)12-16(24)22-20-11-15-7-4-6-13-10-14-8-5-9-19-18(14)21-17(13)15/h4-11H,12H2,1-3H3/p+1/b20-11+. The molecule has 6 nitrogen and oxygen atoms in total. The van der Waals surface area contributed by atoms with Gasteiger partial charge in [-0.3, -0.25) is 4.79 Å². The molecule has 1 amide bonds. The van der Waals surface area contributed by atoms with E-state index in [0.29, 0.717) is 16.7 Å². The first-order valence-electron chi connectivity index (χ1n) is 7.69. The van der Waals surface area contributed by atoms with E-state index in [0.717, 1.165) is 21.9 Å². The molecule has 24 heavy (non-hydrogen) atoms. The zero-order chi connectivity index (χ0) is 17.2. The molecule has 3 aromatic rings. The number of rotatable bonds is 4. The maximum Gasteiger partial charge on any atom is 0.295 e. The second-order valence-corrected chi connectivity index (χ2v) is 6.70. The minimum atomic E-state index is -0.126. The van der Waals surface area contributed by atoms with Crippen LogP contribution < -0.4 is 5.43 Å². The van der Waals surface area contributed by atoms with E-state index in [1.54, 1.807) is 12.4 Å². The highest BCUT2D eigenvalue weighted by atomic mass is 16.2. The van der Waals surface area contributed by atoms with E-state index in [4.69, 9.17) is 0 Å². The molecule has 0 aliphatic carbocycles. The van der Waals surface area contributed by atoms with Crippen LogP contribution in [0.25, 0.3) is 21.9 Å². The molecule has 0 spiro atoms. The number of para-hydroxylation sites is 1. The molecular formula is C18H20N5O+. The van der Waals surface area contributed by atoms with Gasteiger partial charge in [-0.25, -0.2) is 15.4 Å². The fourth-order valence-electron chi connectivity index (χ4n) is 2.46. The first kappa shape index (κ1) is 16.0. The van der Waals surface area contributed by atoms with Crippen LogP contribution in [0.15, 0.2) is 47.7 Å². The highest BCUT2D eigenvalue weighted by Gasteiger charge is 2.13. The van der Waals surface area contributed by atoms with Gasteiger partial charge in [0.2, 0.25) is 0 Å². The molecule has 0 unspecified atom stereocenters. The Bertz CT molecular complexity index is 927. The fourth-order valence-corrected chi connectivity index (χ4v) is 2.46. The van der Waals surface area contributed by atoms with Gasteiger partial charge in [0.1, 0.15) is 0 Å². The zero-order valence-electron chi connectivity index (χ0n) is 14.0. The summed E-state index contributed by atoms with van der Waals surface area (Å²) in [6, 6.07) is 11.8. The number of hydrazone groups is 1. The van der Waals surface area contributed by atoms with Crippen LogP contribution in [0, 0.1) is 0 Å². The number of amides is 1. The average Bonchev–Trinajstić information content (AvgIpc) is 2.51. The van der Waals surface area contributed by atoms with Gasteiger partial charge in [-0.1, -0.05) is 18.2 Å². The van der Waals surface area contributed by atoms with Gasteiger partial charge in [0.15, 0.2) is 12.2 Å². The average molecular weight is 322 g/mol. The van der Waals surface area contributed by atoms with E-state index in [-0.39, 0.29) is 5.91 Å². The Hall–Kier alpha value is -2.86. The van der Waals surface area contributed by atoms with E-state index < -0.39 is 0 Å². The van der Waals surface area contributed by atoms with Gasteiger partial charge in [-0.05, 0) is 18.2 Å². The molecule has 1 aromatic carbocycles. The number of pyridine rings is 2. The summed E-state index contributed by atoms with van der Waals surface area (Å²) in [4.78, 5) is 20.7. The van der Waals surface area contributed by atoms with Crippen molar-refractivity contribution in [3.05, 3.63) is 48.2 Å². The predicted octanol–water partition coefficient (Wildman–Crippen LogP) is 1.94. The topological polar surface area (TPSA) is 67.2 Å². The van der Waals surface area contributed by atoms with Crippen LogP contribution >= 0.6 is 0 Å². The molecule has 0 atom stereocenters. The molecule has 1 N–H and O–H groups in total. The van der Waals surface area contributed by atoms with Gasteiger partial charge in [-0.15, -0.1) is 0 Å². The van der Waals surface area contributed by atoms with E-state index in [2.05, 4.69) is 26.6 Å². The summed E-state index contributed by atoms with van der Waals surface area (Å²) in [6.07, 6.45) is 3.35. The molecule has 0 saturated carbocycles. The van der Waals surface area contributed by atoms with Gasteiger partial charge >= 0.3 is 0 Å². The molecule has 2 aromatic heterocycles. The number of carbonyl (C=O) groups excluding carboxylic acids is 1. The first-order valence-corrected chi connectivity index (χ1v) is 7.69. The van der Waals surface area contributed by atoms with Crippen LogP contribution in [-0.2, 0) is 4.79 Å². The van der Waals surface area contributed by atoms with Crippen molar-refractivity contribution in [1.29, 1.82) is 0 Å². The highest BCUT2D eigenvalue weighted by Crippen LogP contribution is 2.20. The van der Waals surface area contributed by atoms with Crippen LogP contribution in [0.4, 0.5) is 0 Å². The summed E-state index contributed by atoms with van der Waals surface area (Å²) in [5, 5.41) is 6.07. The van der Waals surface area contributed by atoms with Crippen molar-refractivity contribution in [3.63, 3.8) is 0 Å². The van der Waals surface area contributed by atoms with Gasteiger partial charge < -0.3 is 4.48 Å².